The maximum Gasteiger partial charge on any atom is 0.240 e. The van der Waals surface area contributed by atoms with Gasteiger partial charge in [-0.05, 0) is 49.5 Å². The Hall–Kier alpha value is -3.02. The maximum absolute atomic E-state index is 11.7. The first-order valence-corrected chi connectivity index (χ1v) is 10.5. The number of aromatic hydroxyl groups is 1. The van der Waals surface area contributed by atoms with Gasteiger partial charge in [0.05, 0.1) is 18.3 Å². The molecule has 1 heterocycles. The summed E-state index contributed by atoms with van der Waals surface area (Å²) in [5.41, 5.74) is 1.17. The second-order valence-corrected chi connectivity index (χ2v) is 7.89. The van der Waals surface area contributed by atoms with Crippen molar-refractivity contribution >= 4 is 49.6 Å². The molecule has 0 amide bonds. The highest BCUT2D eigenvalue weighted by molar-refractivity contribution is 7.89. The number of nitrogens with one attached hydrogen (secondary N) is 1. The van der Waals surface area contributed by atoms with Gasteiger partial charge in [0.2, 0.25) is 21.0 Å². The first kappa shape index (κ1) is 20.7. The summed E-state index contributed by atoms with van der Waals surface area (Å²) in [6, 6.07) is 11.4. The fourth-order valence-electron chi connectivity index (χ4n) is 2.90. The normalized spacial score (nSPS) is 11.8. The van der Waals surface area contributed by atoms with Crippen molar-refractivity contribution in [2.24, 2.45) is 15.4 Å². The number of nitrogens with two attached hydrogens (primary N) is 1. The molecule has 0 saturated carbocycles. The van der Waals surface area contributed by atoms with Crippen molar-refractivity contribution in [2.75, 3.05) is 12.4 Å². The van der Waals surface area contributed by atoms with Crippen LogP contribution in [0.15, 0.2) is 57.6 Å². The van der Waals surface area contributed by atoms with Gasteiger partial charge in [0.25, 0.3) is 0 Å². The summed E-state index contributed by atoms with van der Waals surface area (Å²) < 4.78 is 30.3. The Labute approximate surface area is 172 Å². The molecule has 3 aromatic rings. The number of hydrogen-bond donors (Lipinski definition) is 3. The molecule has 152 valence electrons. The van der Waals surface area contributed by atoms with Crippen LogP contribution in [0, 0.1) is 0 Å². The Kier molecular flexibility index (Phi) is 5.82. The summed E-state index contributed by atoms with van der Waals surface area (Å²) in [7, 11) is -2.40. The highest BCUT2D eigenvalue weighted by atomic mass is 32.2. The standard InChI is InChI=1S/C18H19N5O4S2/c1-3-23-14-9-8-11(27-2)10-12(14)16(17(23)24)21-22-18(28)20-13-6-4-5-7-15(13)29(19,25)26/h4-10,24H,3H2,1-2H3,(H,20,28)(H2,19,25,26). The summed E-state index contributed by atoms with van der Waals surface area (Å²) in [5.74, 6) is 0.539. The number of aromatic nitrogens is 1. The summed E-state index contributed by atoms with van der Waals surface area (Å²) in [6.07, 6.45) is 0. The lowest BCUT2D eigenvalue weighted by Crippen LogP contribution is -2.16. The van der Waals surface area contributed by atoms with Gasteiger partial charge in [0, 0.05) is 11.9 Å². The first-order chi connectivity index (χ1) is 13.8. The van der Waals surface area contributed by atoms with Gasteiger partial charge in [-0.1, -0.05) is 12.1 Å². The minimum atomic E-state index is -3.94. The molecule has 0 unspecified atom stereocenters. The molecule has 0 bridgehead atoms. The van der Waals surface area contributed by atoms with E-state index in [2.05, 4.69) is 15.5 Å². The number of nitrogens with zero attached hydrogens (tertiary/aromatic N) is 3. The summed E-state index contributed by atoms with van der Waals surface area (Å²) in [4.78, 5) is -0.118. The second kappa shape index (κ2) is 8.15. The van der Waals surface area contributed by atoms with Gasteiger partial charge >= 0.3 is 0 Å². The maximum atomic E-state index is 11.7. The number of fused-ring (bicyclic) bond motifs is 1. The van der Waals surface area contributed by atoms with Crippen LogP contribution in [0.2, 0.25) is 0 Å². The van der Waals surface area contributed by atoms with Crippen LogP contribution in [0.5, 0.6) is 11.6 Å². The second-order valence-electron chi connectivity index (χ2n) is 5.97. The van der Waals surface area contributed by atoms with E-state index in [-0.39, 0.29) is 27.3 Å². The van der Waals surface area contributed by atoms with Crippen LogP contribution in [0.25, 0.3) is 10.9 Å². The van der Waals surface area contributed by atoms with Crippen molar-refractivity contribution in [1.82, 2.24) is 4.57 Å². The molecular weight excluding hydrogens is 414 g/mol. The number of hydrogen-bond acceptors (Lipinski definition) is 6. The topological polar surface area (TPSA) is 131 Å². The van der Waals surface area contributed by atoms with Crippen molar-refractivity contribution in [1.29, 1.82) is 0 Å². The molecule has 2 aromatic carbocycles. The van der Waals surface area contributed by atoms with Crippen molar-refractivity contribution in [3.05, 3.63) is 42.5 Å². The third-order valence-corrected chi connectivity index (χ3v) is 5.36. The van der Waals surface area contributed by atoms with Crippen molar-refractivity contribution < 1.29 is 18.3 Å². The van der Waals surface area contributed by atoms with Crippen LogP contribution in [0.3, 0.4) is 0 Å². The fourth-order valence-corrected chi connectivity index (χ4v) is 3.75. The molecule has 0 aliphatic rings. The van der Waals surface area contributed by atoms with Crippen LogP contribution < -0.4 is 15.2 Å². The Morgan fingerprint density at radius 3 is 2.69 bits per heavy atom. The zero-order valence-electron chi connectivity index (χ0n) is 15.7. The summed E-state index contributed by atoms with van der Waals surface area (Å²) in [6.45, 7) is 2.41. The van der Waals surface area contributed by atoms with Crippen LogP contribution in [0.4, 0.5) is 11.4 Å². The lowest BCUT2D eigenvalue weighted by molar-refractivity contribution is 0.415. The smallest absolute Gasteiger partial charge is 0.240 e. The minimum absolute atomic E-state index is 0.0627. The molecule has 11 heteroatoms. The van der Waals surface area contributed by atoms with E-state index >= 15 is 0 Å². The molecule has 0 fully saturated rings. The van der Waals surface area contributed by atoms with Gasteiger partial charge in [-0.2, -0.15) is 0 Å². The summed E-state index contributed by atoms with van der Waals surface area (Å²) in [5, 5.41) is 27.0. The van der Waals surface area contributed by atoms with E-state index in [9.17, 15) is 13.5 Å². The van der Waals surface area contributed by atoms with Gasteiger partial charge in [0.15, 0.2) is 5.69 Å². The molecule has 9 nitrogen and oxygen atoms in total. The van der Waals surface area contributed by atoms with E-state index in [1.807, 2.05) is 13.0 Å². The minimum Gasteiger partial charge on any atom is -0.497 e. The number of methoxy groups -OCH3 is 1. The van der Waals surface area contributed by atoms with Gasteiger partial charge in [-0.3, -0.25) is 0 Å². The van der Waals surface area contributed by atoms with Crippen molar-refractivity contribution in [3.63, 3.8) is 0 Å². The number of anilines is 1. The van der Waals surface area contributed by atoms with Crippen molar-refractivity contribution in [2.45, 2.75) is 18.4 Å². The number of sulfonamides is 1. The predicted octanol–water partition coefficient (Wildman–Crippen LogP) is 3.50. The molecule has 4 N–H and O–H groups in total. The lowest BCUT2D eigenvalue weighted by Gasteiger charge is -2.08. The fraction of sp³-hybridized carbons (Fsp3) is 0.167. The Morgan fingerprint density at radius 2 is 2.03 bits per heavy atom. The molecule has 3 rings (SSSR count). The Morgan fingerprint density at radius 1 is 1.31 bits per heavy atom. The summed E-state index contributed by atoms with van der Waals surface area (Å²) >= 11 is 5.15. The van der Waals surface area contributed by atoms with Crippen LogP contribution in [0.1, 0.15) is 6.92 Å². The molecular formula is C18H19N5O4S2. The van der Waals surface area contributed by atoms with E-state index in [1.54, 1.807) is 35.9 Å². The van der Waals surface area contributed by atoms with Gasteiger partial charge in [-0.25, -0.2) is 13.6 Å². The average molecular weight is 434 g/mol. The number of azo groups is 1. The molecule has 29 heavy (non-hydrogen) atoms. The quantitative estimate of drug-likeness (QED) is 0.417. The number of benzene rings is 2. The molecule has 0 aliphatic carbocycles. The van der Waals surface area contributed by atoms with Gasteiger partial charge < -0.3 is 19.7 Å². The Bertz CT molecular complexity index is 1220. The number of para-hydroxylation sites is 1. The van der Waals surface area contributed by atoms with Crippen LogP contribution >= 0.6 is 12.2 Å². The zero-order valence-corrected chi connectivity index (χ0v) is 17.3. The molecule has 0 atom stereocenters. The van der Waals surface area contributed by atoms with Crippen LogP contribution in [-0.2, 0) is 16.6 Å². The van der Waals surface area contributed by atoms with Crippen molar-refractivity contribution in [3.8, 4) is 11.6 Å². The van der Waals surface area contributed by atoms with Gasteiger partial charge in [0.1, 0.15) is 10.6 Å². The third-order valence-electron chi connectivity index (χ3n) is 4.21. The highest BCUT2D eigenvalue weighted by Crippen LogP contribution is 2.40. The molecule has 1 aromatic heterocycles. The number of thiocarbonyl (C=S) groups is 1. The highest BCUT2D eigenvalue weighted by Gasteiger charge is 2.17. The monoisotopic (exact) mass is 433 g/mol. The van der Waals surface area contributed by atoms with E-state index in [1.165, 1.54) is 12.1 Å². The number of aryl methyl sites for hydroxylation is 1. The third kappa shape index (κ3) is 4.21. The number of primary sulfonamides is 1. The van der Waals surface area contributed by atoms with E-state index < -0.39 is 10.0 Å². The molecule has 0 radical (unpaired) electrons. The molecule has 0 saturated heterocycles. The van der Waals surface area contributed by atoms with E-state index in [0.29, 0.717) is 17.7 Å². The van der Waals surface area contributed by atoms with Crippen LogP contribution in [-0.4, -0.2) is 30.3 Å². The molecule has 0 aliphatic heterocycles. The lowest BCUT2D eigenvalue weighted by atomic mass is 10.2. The Balaban J connectivity index is 1.96. The largest absolute Gasteiger partial charge is 0.497 e. The molecule has 0 spiro atoms. The van der Waals surface area contributed by atoms with E-state index in [4.69, 9.17) is 22.1 Å². The first-order valence-electron chi connectivity index (χ1n) is 8.50. The van der Waals surface area contributed by atoms with Gasteiger partial charge in [-0.15, -0.1) is 10.2 Å². The average Bonchev–Trinajstić information content (AvgIpc) is 2.95. The predicted molar refractivity (Wildman–Crippen MR) is 114 cm³/mol. The van der Waals surface area contributed by atoms with E-state index in [0.717, 1.165) is 5.52 Å². The zero-order chi connectivity index (χ0) is 21.2. The number of rotatable bonds is 5. The number of ether oxygens (including phenoxy) is 1. The SMILES string of the molecule is CCn1c(O)c(N=NC(=S)Nc2ccccc2S(N)(=O)=O)c2cc(OC)ccc21.